The van der Waals surface area contributed by atoms with E-state index in [4.69, 9.17) is 4.99 Å². The van der Waals surface area contributed by atoms with Gasteiger partial charge in [0.25, 0.3) is 0 Å². The standard InChI is InChI=1S/C28H38FN3/c1-7-31-20-19-28(18-10-17-27(4,5)6,23-13-15-24(29)16-14-23)26(30)32-22(3)25-12-9-8-11-21(25)2/h7-9,11-16,30-31H,1,10,17-20H2,2-6H3. The Hall–Kier alpha value is -2.75. The van der Waals surface area contributed by atoms with Crippen LogP contribution in [0.25, 0.3) is 0 Å². The van der Waals surface area contributed by atoms with E-state index in [-0.39, 0.29) is 11.2 Å². The van der Waals surface area contributed by atoms with Crippen LogP contribution in [-0.4, -0.2) is 18.1 Å². The van der Waals surface area contributed by atoms with Gasteiger partial charge in [-0.05, 0) is 73.5 Å². The first-order valence-electron chi connectivity index (χ1n) is 11.4. The summed E-state index contributed by atoms with van der Waals surface area (Å²) in [5.74, 6) is 0.0531. The number of hydrogen-bond acceptors (Lipinski definition) is 2. The molecular weight excluding hydrogens is 397 g/mol. The largest absolute Gasteiger partial charge is 0.391 e. The minimum Gasteiger partial charge on any atom is -0.391 e. The van der Waals surface area contributed by atoms with Gasteiger partial charge in [0.15, 0.2) is 0 Å². The molecule has 0 aliphatic heterocycles. The van der Waals surface area contributed by atoms with Crippen LogP contribution in [0.5, 0.6) is 0 Å². The molecule has 0 fully saturated rings. The number of hydrogen-bond donors (Lipinski definition) is 2. The first-order chi connectivity index (χ1) is 15.1. The third kappa shape index (κ3) is 6.88. The third-order valence-corrected chi connectivity index (χ3v) is 6.04. The molecule has 2 aromatic rings. The van der Waals surface area contributed by atoms with Crippen LogP contribution in [0.3, 0.4) is 0 Å². The molecular formula is C28H38FN3. The summed E-state index contributed by atoms with van der Waals surface area (Å²) in [6.07, 6.45) is 5.13. The molecule has 0 aliphatic carbocycles. The molecule has 172 valence electrons. The number of aryl methyl sites for hydroxylation is 1. The van der Waals surface area contributed by atoms with Gasteiger partial charge in [-0.1, -0.05) is 70.2 Å². The van der Waals surface area contributed by atoms with Gasteiger partial charge in [-0.3, -0.25) is 5.41 Å². The van der Waals surface area contributed by atoms with Crippen molar-refractivity contribution < 1.29 is 4.39 Å². The molecule has 2 rings (SSSR count). The van der Waals surface area contributed by atoms with Crippen molar-refractivity contribution in [2.24, 2.45) is 10.4 Å². The fraction of sp³-hybridized carbons (Fsp3) is 0.429. The van der Waals surface area contributed by atoms with Crippen molar-refractivity contribution in [2.75, 3.05) is 6.54 Å². The van der Waals surface area contributed by atoms with Gasteiger partial charge < -0.3 is 5.32 Å². The number of nitrogens with zero attached hydrogens (tertiary/aromatic N) is 1. The summed E-state index contributed by atoms with van der Waals surface area (Å²) in [5, 5.41) is 12.4. The molecule has 0 bridgehead atoms. The maximum atomic E-state index is 13.8. The molecule has 0 aromatic heterocycles. The number of nitrogens with one attached hydrogen (secondary N) is 2. The zero-order valence-corrected chi connectivity index (χ0v) is 20.3. The summed E-state index contributed by atoms with van der Waals surface area (Å²) in [5.41, 5.74) is 3.53. The second-order valence-electron chi connectivity index (χ2n) is 9.77. The Bertz CT molecular complexity index is 938. The molecule has 1 atom stereocenters. The normalized spacial score (nSPS) is 14.0. The van der Waals surface area contributed by atoms with Crippen LogP contribution in [0.2, 0.25) is 0 Å². The monoisotopic (exact) mass is 435 g/mol. The maximum Gasteiger partial charge on any atom is 0.131 e. The van der Waals surface area contributed by atoms with E-state index in [1.807, 2.05) is 37.3 Å². The van der Waals surface area contributed by atoms with E-state index in [1.165, 1.54) is 12.1 Å². The quantitative estimate of drug-likeness (QED) is 0.231. The minimum absolute atomic E-state index is 0.205. The summed E-state index contributed by atoms with van der Waals surface area (Å²) in [7, 11) is 0. The highest BCUT2D eigenvalue weighted by molar-refractivity contribution is 6.08. The van der Waals surface area contributed by atoms with Gasteiger partial charge in [0, 0.05) is 12.3 Å². The lowest BCUT2D eigenvalue weighted by atomic mass is 9.71. The fourth-order valence-corrected chi connectivity index (χ4v) is 4.18. The third-order valence-electron chi connectivity index (χ3n) is 6.04. The maximum absolute atomic E-state index is 13.8. The fourth-order valence-electron chi connectivity index (χ4n) is 4.18. The van der Waals surface area contributed by atoms with Gasteiger partial charge in [0.1, 0.15) is 11.7 Å². The highest BCUT2D eigenvalue weighted by atomic mass is 19.1. The average molecular weight is 436 g/mol. The van der Waals surface area contributed by atoms with Gasteiger partial charge >= 0.3 is 0 Å². The Morgan fingerprint density at radius 2 is 1.72 bits per heavy atom. The number of amidine groups is 1. The van der Waals surface area contributed by atoms with Gasteiger partial charge in [-0.25, -0.2) is 9.38 Å². The minimum atomic E-state index is -0.612. The van der Waals surface area contributed by atoms with Crippen LogP contribution in [0, 0.1) is 23.6 Å². The van der Waals surface area contributed by atoms with E-state index in [2.05, 4.69) is 45.7 Å². The van der Waals surface area contributed by atoms with Crippen molar-refractivity contribution >= 4 is 11.5 Å². The smallest absolute Gasteiger partial charge is 0.131 e. The second kappa shape index (κ2) is 11.2. The van der Waals surface area contributed by atoms with E-state index in [1.54, 1.807) is 6.20 Å². The van der Waals surface area contributed by atoms with E-state index in [9.17, 15) is 9.80 Å². The topological polar surface area (TPSA) is 48.2 Å². The molecule has 0 aliphatic rings. The summed E-state index contributed by atoms with van der Waals surface area (Å²) in [4.78, 5) is 4.83. The summed E-state index contributed by atoms with van der Waals surface area (Å²) in [6, 6.07) is 14.7. The first kappa shape index (κ1) is 25.5. The molecule has 3 nitrogen and oxygen atoms in total. The number of benzene rings is 2. The predicted octanol–water partition coefficient (Wildman–Crippen LogP) is 7.20. The van der Waals surface area contributed by atoms with Crippen LogP contribution in [0.15, 0.2) is 66.3 Å². The van der Waals surface area contributed by atoms with Crippen LogP contribution < -0.4 is 5.32 Å². The van der Waals surface area contributed by atoms with Gasteiger partial charge in [0.2, 0.25) is 0 Å². The summed E-state index contributed by atoms with van der Waals surface area (Å²) < 4.78 is 13.8. The van der Waals surface area contributed by atoms with Crippen LogP contribution >= 0.6 is 0 Å². The summed E-state index contributed by atoms with van der Waals surface area (Å²) >= 11 is 0. The lowest BCUT2D eigenvalue weighted by molar-refractivity contribution is 0.336. The number of aliphatic imine (C=N–C) groups is 1. The van der Waals surface area contributed by atoms with E-state index < -0.39 is 5.41 Å². The Labute approximate surface area is 193 Å². The Morgan fingerprint density at radius 3 is 2.31 bits per heavy atom. The molecule has 0 heterocycles. The van der Waals surface area contributed by atoms with Gasteiger partial charge in [-0.15, -0.1) is 0 Å². The number of halogens is 1. The molecule has 0 amide bonds. The van der Waals surface area contributed by atoms with Crippen molar-refractivity contribution in [3.8, 4) is 0 Å². The zero-order valence-electron chi connectivity index (χ0n) is 20.3. The molecule has 0 radical (unpaired) electrons. The van der Waals surface area contributed by atoms with Crippen molar-refractivity contribution in [1.82, 2.24) is 5.32 Å². The molecule has 1 unspecified atom stereocenters. The number of rotatable bonds is 10. The SMILES string of the molecule is C=CNCCC(CCCC(C)(C)C)(C(=N)N=C(C)c1ccccc1C)c1ccc(F)cc1. The highest BCUT2D eigenvalue weighted by Gasteiger charge is 2.37. The van der Waals surface area contributed by atoms with Gasteiger partial charge in [-0.2, -0.15) is 0 Å². The Morgan fingerprint density at radius 1 is 1.06 bits per heavy atom. The van der Waals surface area contributed by atoms with Crippen molar-refractivity contribution in [2.45, 2.75) is 65.7 Å². The molecule has 32 heavy (non-hydrogen) atoms. The zero-order chi connectivity index (χ0) is 23.8. The lowest BCUT2D eigenvalue weighted by Crippen LogP contribution is -2.38. The Balaban J connectivity index is 2.52. The van der Waals surface area contributed by atoms with Gasteiger partial charge in [0.05, 0.1) is 5.41 Å². The van der Waals surface area contributed by atoms with E-state index >= 15 is 0 Å². The van der Waals surface area contributed by atoms with Crippen LogP contribution in [-0.2, 0) is 5.41 Å². The predicted molar refractivity (Wildman–Crippen MR) is 135 cm³/mol. The molecule has 4 heteroatoms. The van der Waals surface area contributed by atoms with E-state index in [0.29, 0.717) is 18.8 Å². The average Bonchev–Trinajstić information content (AvgIpc) is 2.72. The second-order valence-corrected chi connectivity index (χ2v) is 9.77. The van der Waals surface area contributed by atoms with Crippen LogP contribution in [0.4, 0.5) is 4.39 Å². The van der Waals surface area contributed by atoms with Crippen molar-refractivity contribution in [3.05, 3.63) is 83.8 Å². The van der Waals surface area contributed by atoms with Crippen LogP contribution in [0.1, 0.15) is 70.1 Å². The molecule has 0 saturated carbocycles. The lowest BCUT2D eigenvalue weighted by Gasteiger charge is -2.35. The van der Waals surface area contributed by atoms with Crippen molar-refractivity contribution in [1.29, 1.82) is 5.41 Å². The summed E-state index contributed by atoms with van der Waals surface area (Å²) in [6.45, 7) is 15.1. The van der Waals surface area contributed by atoms with E-state index in [0.717, 1.165) is 41.7 Å². The highest BCUT2D eigenvalue weighted by Crippen LogP contribution is 2.37. The first-order valence-corrected chi connectivity index (χ1v) is 11.4. The van der Waals surface area contributed by atoms with Crippen molar-refractivity contribution in [3.63, 3.8) is 0 Å². The molecule has 0 saturated heterocycles. The molecule has 2 aromatic carbocycles. The molecule has 0 spiro atoms. The molecule has 2 N–H and O–H groups in total. The Kier molecular flexibility index (Phi) is 8.94.